The first-order valence-electron chi connectivity index (χ1n) is 9.21. The van der Waals surface area contributed by atoms with E-state index in [1.807, 2.05) is 19.1 Å². The van der Waals surface area contributed by atoms with Crippen molar-refractivity contribution in [3.05, 3.63) is 60.8 Å². The highest BCUT2D eigenvalue weighted by Gasteiger charge is 2.32. The number of halogens is 3. The molecule has 2 aromatic rings. The molecule has 6 nitrogen and oxygen atoms in total. The number of imide groups is 1. The summed E-state index contributed by atoms with van der Waals surface area (Å²) in [5, 5.41) is 3.67. The molecular formula is C21H19Cl2IN2O4. The fraction of sp³-hybridized carbons (Fsp3) is 0.238. The van der Waals surface area contributed by atoms with Crippen LogP contribution in [0.25, 0.3) is 6.08 Å². The second kappa shape index (κ2) is 9.89. The van der Waals surface area contributed by atoms with Gasteiger partial charge in [0, 0.05) is 22.2 Å². The summed E-state index contributed by atoms with van der Waals surface area (Å²) in [4.78, 5) is 25.3. The smallest absolute Gasteiger partial charge is 0.328 e. The third-order valence-electron chi connectivity index (χ3n) is 4.31. The Kier molecular flexibility index (Phi) is 7.49. The molecule has 158 valence electrons. The number of ether oxygens (including phenoxy) is 2. The van der Waals surface area contributed by atoms with E-state index in [1.54, 1.807) is 31.2 Å². The van der Waals surface area contributed by atoms with Crippen molar-refractivity contribution >= 4 is 63.8 Å². The number of benzene rings is 2. The highest BCUT2D eigenvalue weighted by atomic mass is 127. The van der Waals surface area contributed by atoms with Crippen LogP contribution in [0, 0.1) is 3.57 Å². The lowest BCUT2D eigenvalue weighted by molar-refractivity contribution is -0.122. The summed E-state index contributed by atoms with van der Waals surface area (Å²) in [5.41, 5.74) is 1.73. The van der Waals surface area contributed by atoms with E-state index in [4.69, 9.17) is 32.7 Å². The monoisotopic (exact) mass is 560 g/mol. The number of rotatable bonds is 7. The number of amides is 3. The van der Waals surface area contributed by atoms with E-state index in [2.05, 4.69) is 27.9 Å². The lowest BCUT2D eigenvalue weighted by atomic mass is 10.1. The van der Waals surface area contributed by atoms with E-state index >= 15 is 0 Å². The van der Waals surface area contributed by atoms with Crippen molar-refractivity contribution in [2.45, 2.75) is 20.5 Å². The molecule has 0 aromatic heterocycles. The molecule has 1 aliphatic rings. The van der Waals surface area contributed by atoms with E-state index in [-0.39, 0.29) is 18.2 Å². The molecule has 2 aromatic carbocycles. The molecule has 0 aliphatic carbocycles. The van der Waals surface area contributed by atoms with Gasteiger partial charge in [-0.1, -0.05) is 29.3 Å². The number of likely N-dealkylation sites (N-methyl/N-ethyl adjacent to an activating group) is 1. The first kappa shape index (κ1) is 22.7. The molecule has 0 unspecified atom stereocenters. The summed E-state index contributed by atoms with van der Waals surface area (Å²) >= 11 is 14.3. The minimum absolute atomic E-state index is 0.224. The number of nitrogens with one attached hydrogen (secondary N) is 1. The fourth-order valence-electron chi connectivity index (χ4n) is 2.89. The van der Waals surface area contributed by atoms with Gasteiger partial charge in [0.1, 0.15) is 12.3 Å². The van der Waals surface area contributed by atoms with E-state index in [0.29, 0.717) is 40.3 Å². The van der Waals surface area contributed by atoms with Gasteiger partial charge in [-0.3, -0.25) is 9.69 Å². The minimum Gasteiger partial charge on any atom is -0.490 e. The molecular weight excluding hydrogens is 542 g/mol. The third kappa shape index (κ3) is 5.01. The first-order valence-corrected chi connectivity index (χ1v) is 11.0. The number of hydrogen-bond acceptors (Lipinski definition) is 4. The lowest BCUT2D eigenvalue weighted by Crippen LogP contribution is -2.30. The predicted octanol–water partition coefficient (Wildman–Crippen LogP) is 5.49. The van der Waals surface area contributed by atoms with Gasteiger partial charge >= 0.3 is 6.03 Å². The Morgan fingerprint density at radius 1 is 1.13 bits per heavy atom. The zero-order chi connectivity index (χ0) is 21.8. The lowest BCUT2D eigenvalue weighted by Gasteiger charge is -2.15. The van der Waals surface area contributed by atoms with Gasteiger partial charge in [0.2, 0.25) is 0 Å². The molecule has 0 saturated carbocycles. The third-order valence-corrected chi connectivity index (χ3v) is 5.70. The Labute approximate surface area is 198 Å². The second-order valence-corrected chi connectivity index (χ2v) is 8.33. The first-order chi connectivity index (χ1) is 14.3. The van der Waals surface area contributed by atoms with Crippen LogP contribution >= 0.6 is 45.8 Å². The van der Waals surface area contributed by atoms with Crippen LogP contribution < -0.4 is 14.8 Å². The van der Waals surface area contributed by atoms with Crippen LogP contribution in [-0.4, -0.2) is 30.0 Å². The van der Waals surface area contributed by atoms with Crippen molar-refractivity contribution < 1.29 is 19.1 Å². The summed E-state index contributed by atoms with van der Waals surface area (Å²) in [6.45, 7) is 4.61. The topological polar surface area (TPSA) is 67.9 Å². The molecule has 1 heterocycles. The average molecular weight is 561 g/mol. The Morgan fingerprint density at radius 3 is 2.53 bits per heavy atom. The van der Waals surface area contributed by atoms with Crippen molar-refractivity contribution in [3.8, 4) is 11.5 Å². The molecule has 1 saturated heterocycles. The van der Waals surface area contributed by atoms with Crippen LogP contribution in [0.1, 0.15) is 25.0 Å². The van der Waals surface area contributed by atoms with Gasteiger partial charge < -0.3 is 14.8 Å². The van der Waals surface area contributed by atoms with Gasteiger partial charge in [0.15, 0.2) is 11.5 Å². The molecule has 1 fully saturated rings. The van der Waals surface area contributed by atoms with Crippen molar-refractivity contribution in [2.75, 3.05) is 13.2 Å². The summed E-state index contributed by atoms with van der Waals surface area (Å²) < 4.78 is 12.5. The van der Waals surface area contributed by atoms with Crippen molar-refractivity contribution in [1.29, 1.82) is 0 Å². The average Bonchev–Trinajstić information content (AvgIpc) is 2.95. The van der Waals surface area contributed by atoms with Crippen LogP contribution in [0.15, 0.2) is 36.0 Å². The number of nitrogens with zero attached hydrogens (tertiary/aromatic N) is 1. The van der Waals surface area contributed by atoms with Gasteiger partial charge in [-0.15, -0.1) is 0 Å². The number of hydrogen-bond donors (Lipinski definition) is 1. The highest BCUT2D eigenvalue weighted by molar-refractivity contribution is 14.1. The van der Waals surface area contributed by atoms with Crippen molar-refractivity contribution in [3.63, 3.8) is 0 Å². The SMILES string of the molecule is CCOc1cc(/C=C2/NC(=O)N(CC)C2=O)cc(I)c1OCc1ccc(Cl)cc1Cl. The molecule has 0 radical (unpaired) electrons. The van der Waals surface area contributed by atoms with Gasteiger partial charge in [0.25, 0.3) is 5.91 Å². The number of carbonyl (C=O) groups excluding carboxylic acids is 2. The molecule has 30 heavy (non-hydrogen) atoms. The highest BCUT2D eigenvalue weighted by Crippen LogP contribution is 2.36. The number of carbonyl (C=O) groups is 2. The van der Waals surface area contributed by atoms with Crippen LogP contribution in [-0.2, 0) is 11.4 Å². The maximum absolute atomic E-state index is 12.3. The summed E-state index contributed by atoms with van der Waals surface area (Å²) in [5.74, 6) is 0.751. The molecule has 0 spiro atoms. The zero-order valence-electron chi connectivity index (χ0n) is 16.3. The second-order valence-electron chi connectivity index (χ2n) is 6.32. The number of urea groups is 1. The molecule has 3 rings (SSSR count). The Morgan fingerprint density at radius 2 is 1.90 bits per heavy atom. The largest absolute Gasteiger partial charge is 0.490 e. The molecule has 1 aliphatic heterocycles. The van der Waals surface area contributed by atoms with E-state index in [9.17, 15) is 9.59 Å². The van der Waals surface area contributed by atoms with Crippen LogP contribution in [0.5, 0.6) is 11.5 Å². The van der Waals surface area contributed by atoms with Gasteiger partial charge in [-0.05, 0) is 72.3 Å². The Bertz CT molecular complexity index is 1030. The van der Waals surface area contributed by atoms with Crippen molar-refractivity contribution in [2.24, 2.45) is 0 Å². The van der Waals surface area contributed by atoms with Crippen LogP contribution in [0.3, 0.4) is 0 Å². The normalized spacial score (nSPS) is 15.0. The molecule has 3 amide bonds. The zero-order valence-corrected chi connectivity index (χ0v) is 20.0. The molecule has 9 heteroatoms. The molecule has 0 bridgehead atoms. The standard InChI is InChI=1S/C21H19Cl2IN2O4/c1-3-26-20(27)17(25-21(26)28)8-12-7-16(24)19(18(9-12)29-4-2)30-11-13-5-6-14(22)10-15(13)23/h5-10H,3-4,11H2,1-2H3,(H,25,28)/b17-8+. The fourth-order valence-corrected chi connectivity index (χ4v) is 4.13. The quantitative estimate of drug-likeness (QED) is 0.276. The Hall–Kier alpha value is -1.97. The predicted molar refractivity (Wildman–Crippen MR) is 125 cm³/mol. The maximum atomic E-state index is 12.3. The van der Waals surface area contributed by atoms with E-state index in [0.717, 1.165) is 14.0 Å². The summed E-state index contributed by atoms with van der Waals surface area (Å²) in [7, 11) is 0. The Balaban J connectivity index is 1.88. The molecule has 0 atom stereocenters. The van der Waals surface area contributed by atoms with Gasteiger partial charge in [0.05, 0.1) is 10.2 Å². The summed E-state index contributed by atoms with van der Waals surface area (Å²) in [6.07, 6.45) is 1.63. The van der Waals surface area contributed by atoms with Crippen LogP contribution in [0.4, 0.5) is 4.79 Å². The van der Waals surface area contributed by atoms with Gasteiger partial charge in [-0.25, -0.2) is 4.79 Å². The molecule has 1 N–H and O–H groups in total. The van der Waals surface area contributed by atoms with E-state index < -0.39 is 6.03 Å². The van der Waals surface area contributed by atoms with Crippen molar-refractivity contribution in [1.82, 2.24) is 10.2 Å². The van der Waals surface area contributed by atoms with Gasteiger partial charge in [-0.2, -0.15) is 0 Å². The minimum atomic E-state index is -0.423. The summed E-state index contributed by atoms with van der Waals surface area (Å²) in [6, 6.07) is 8.42. The maximum Gasteiger partial charge on any atom is 0.328 e. The van der Waals surface area contributed by atoms with E-state index in [1.165, 1.54) is 0 Å². The van der Waals surface area contributed by atoms with Crippen LogP contribution in [0.2, 0.25) is 10.0 Å².